The number of aliphatic hydroxyl groups excluding tert-OH is 1. The van der Waals surface area contributed by atoms with E-state index < -0.39 is 29.9 Å². The molecule has 1 aliphatic rings. The first-order valence-electron chi connectivity index (χ1n) is 13.2. The highest BCUT2D eigenvalue weighted by Gasteiger charge is 2.47. The summed E-state index contributed by atoms with van der Waals surface area (Å²) in [6.07, 6.45) is -2.64. The van der Waals surface area contributed by atoms with Crippen LogP contribution < -0.4 is 0 Å². The minimum Gasteiger partial charge on any atom is -0.387 e. The number of hydrogen-bond donors (Lipinski definition) is 1. The van der Waals surface area contributed by atoms with Crippen molar-refractivity contribution in [1.82, 2.24) is 0 Å². The van der Waals surface area contributed by atoms with Crippen LogP contribution in [0.1, 0.15) is 16.7 Å². The van der Waals surface area contributed by atoms with Crippen molar-refractivity contribution in [3.63, 3.8) is 0 Å². The standard InChI is InChI=1S/C33H34O5S/c34-30-29(24-35-21-25-13-5-1-6-14-25)38-33(39-28-19-11-4-12-20-28)32(37-23-27-17-9-3-10-18-27)31(30)36-22-26-15-7-2-8-16-26/h1-20,29-34H,21-24H2. The first-order valence-corrected chi connectivity index (χ1v) is 14.1. The van der Waals surface area contributed by atoms with Gasteiger partial charge in [-0.2, -0.15) is 0 Å². The number of aliphatic hydroxyl groups is 1. The lowest BCUT2D eigenvalue weighted by molar-refractivity contribution is -0.240. The Labute approximate surface area is 234 Å². The van der Waals surface area contributed by atoms with E-state index in [-0.39, 0.29) is 6.61 Å². The topological polar surface area (TPSA) is 57.2 Å². The third-order valence-corrected chi connectivity index (χ3v) is 7.73. The molecule has 5 unspecified atom stereocenters. The maximum atomic E-state index is 11.5. The van der Waals surface area contributed by atoms with Crippen LogP contribution in [-0.2, 0) is 38.8 Å². The second-order valence-corrected chi connectivity index (χ2v) is 10.7. The maximum absolute atomic E-state index is 11.5. The summed E-state index contributed by atoms with van der Waals surface area (Å²) in [4.78, 5) is 1.05. The van der Waals surface area contributed by atoms with Gasteiger partial charge in [0.1, 0.15) is 29.9 Å². The summed E-state index contributed by atoms with van der Waals surface area (Å²) in [6, 6.07) is 40.1. The summed E-state index contributed by atoms with van der Waals surface area (Å²) < 4.78 is 25.4. The molecule has 0 spiro atoms. The summed E-state index contributed by atoms with van der Waals surface area (Å²) in [5, 5.41) is 11.5. The highest BCUT2D eigenvalue weighted by Crippen LogP contribution is 2.37. The second-order valence-electron chi connectivity index (χ2n) is 9.49. The number of rotatable bonds is 12. The fourth-order valence-corrected chi connectivity index (χ4v) is 5.67. The zero-order valence-corrected chi connectivity index (χ0v) is 22.6. The number of ether oxygens (including phenoxy) is 4. The molecule has 39 heavy (non-hydrogen) atoms. The minimum absolute atomic E-state index is 0.235. The molecule has 5 rings (SSSR count). The van der Waals surface area contributed by atoms with Gasteiger partial charge >= 0.3 is 0 Å². The Hall–Kier alpha value is -2.97. The van der Waals surface area contributed by atoms with Gasteiger partial charge in [0, 0.05) is 4.90 Å². The molecule has 1 heterocycles. The molecular weight excluding hydrogens is 508 g/mol. The Kier molecular flexibility index (Phi) is 10.2. The van der Waals surface area contributed by atoms with Gasteiger partial charge in [-0.15, -0.1) is 0 Å². The highest BCUT2D eigenvalue weighted by molar-refractivity contribution is 7.99. The molecule has 1 N–H and O–H groups in total. The SMILES string of the molecule is OC1C(COCc2ccccc2)OC(Sc2ccccc2)C(OCc2ccccc2)C1OCc1ccccc1. The van der Waals surface area contributed by atoms with E-state index in [2.05, 4.69) is 0 Å². The van der Waals surface area contributed by atoms with Gasteiger partial charge in [0.05, 0.1) is 26.4 Å². The van der Waals surface area contributed by atoms with Gasteiger partial charge in [-0.3, -0.25) is 0 Å². The third-order valence-electron chi connectivity index (χ3n) is 6.58. The Morgan fingerprint density at radius 3 is 1.59 bits per heavy atom. The average Bonchev–Trinajstić information content (AvgIpc) is 2.99. The third kappa shape index (κ3) is 8.02. The summed E-state index contributed by atoms with van der Waals surface area (Å²) in [6.45, 7) is 1.41. The molecule has 1 aliphatic heterocycles. The van der Waals surface area contributed by atoms with E-state index in [0.29, 0.717) is 19.8 Å². The molecule has 0 aromatic heterocycles. The molecule has 202 valence electrons. The van der Waals surface area contributed by atoms with Crippen LogP contribution in [0.2, 0.25) is 0 Å². The van der Waals surface area contributed by atoms with Crippen LogP contribution in [0.25, 0.3) is 0 Å². The summed E-state index contributed by atoms with van der Waals surface area (Å²) in [5.74, 6) is 0. The van der Waals surface area contributed by atoms with E-state index in [1.807, 2.05) is 121 Å². The fraction of sp³-hybridized carbons (Fsp3) is 0.273. The fourth-order valence-electron chi connectivity index (χ4n) is 4.52. The van der Waals surface area contributed by atoms with Crippen molar-refractivity contribution in [2.45, 2.75) is 54.6 Å². The van der Waals surface area contributed by atoms with Crippen molar-refractivity contribution < 1.29 is 24.1 Å². The molecule has 0 aliphatic carbocycles. The van der Waals surface area contributed by atoms with Crippen LogP contribution in [0.5, 0.6) is 0 Å². The van der Waals surface area contributed by atoms with Gasteiger partial charge in [-0.05, 0) is 28.8 Å². The van der Waals surface area contributed by atoms with E-state index in [4.69, 9.17) is 18.9 Å². The van der Waals surface area contributed by atoms with Crippen molar-refractivity contribution in [3.05, 3.63) is 138 Å². The average molecular weight is 543 g/mol. The molecule has 0 amide bonds. The molecule has 0 saturated carbocycles. The second kappa shape index (κ2) is 14.4. The molecule has 0 bridgehead atoms. The van der Waals surface area contributed by atoms with Crippen LogP contribution >= 0.6 is 11.8 Å². The summed E-state index contributed by atoms with van der Waals surface area (Å²) >= 11 is 1.57. The van der Waals surface area contributed by atoms with Gasteiger partial charge in [-0.25, -0.2) is 0 Å². The molecule has 4 aromatic rings. The largest absolute Gasteiger partial charge is 0.387 e. The monoisotopic (exact) mass is 542 g/mol. The lowest BCUT2D eigenvalue weighted by Gasteiger charge is -2.44. The smallest absolute Gasteiger partial charge is 0.137 e. The summed E-state index contributed by atoms with van der Waals surface area (Å²) in [5.41, 5.74) is 2.73. The highest BCUT2D eigenvalue weighted by atomic mass is 32.2. The molecule has 1 fully saturated rings. The predicted octanol–water partition coefficient (Wildman–Crippen LogP) is 6.25. The zero-order valence-electron chi connectivity index (χ0n) is 21.8. The van der Waals surface area contributed by atoms with Gasteiger partial charge in [0.2, 0.25) is 0 Å². The van der Waals surface area contributed by atoms with Crippen LogP contribution in [0.15, 0.2) is 126 Å². The van der Waals surface area contributed by atoms with E-state index >= 15 is 0 Å². The molecule has 5 nitrogen and oxygen atoms in total. The zero-order chi connectivity index (χ0) is 26.7. The van der Waals surface area contributed by atoms with E-state index in [9.17, 15) is 5.11 Å². The molecule has 4 aromatic carbocycles. The van der Waals surface area contributed by atoms with E-state index in [0.717, 1.165) is 21.6 Å². The van der Waals surface area contributed by atoms with Crippen LogP contribution in [0.3, 0.4) is 0 Å². The van der Waals surface area contributed by atoms with E-state index in [1.54, 1.807) is 11.8 Å². The quantitative estimate of drug-likeness (QED) is 0.228. The number of benzene rings is 4. The number of thioether (sulfide) groups is 1. The molecule has 5 atom stereocenters. The van der Waals surface area contributed by atoms with Crippen molar-refractivity contribution in [2.24, 2.45) is 0 Å². The van der Waals surface area contributed by atoms with Gasteiger partial charge < -0.3 is 24.1 Å². The maximum Gasteiger partial charge on any atom is 0.137 e. The lowest BCUT2D eigenvalue weighted by atomic mass is 9.99. The Bertz CT molecular complexity index is 1230. The molecule has 6 heteroatoms. The summed E-state index contributed by atoms with van der Waals surface area (Å²) in [7, 11) is 0. The van der Waals surface area contributed by atoms with Gasteiger partial charge in [0.25, 0.3) is 0 Å². The van der Waals surface area contributed by atoms with Gasteiger partial charge in [0.15, 0.2) is 0 Å². The van der Waals surface area contributed by atoms with Crippen LogP contribution in [-0.4, -0.2) is 41.6 Å². The van der Waals surface area contributed by atoms with Crippen molar-refractivity contribution in [1.29, 1.82) is 0 Å². The minimum atomic E-state index is -0.933. The Morgan fingerprint density at radius 2 is 1.05 bits per heavy atom. The Morgan fingerprint density at radius 1 is 0.590 bits per heavy atom. The first kappa shape index (κ1) is 27.6. The molecule has 1 saturated heterocycles. The normalized spacial score (nSPS) is 22.9. The van der Waals surface area contributed by atoms with Crippen molar-refractivity contribution in [2.75, 3.05) is 6.61 Å². The first-order chi connectivity index (χ1) is 19.3. The number of hydrogen-bond acceptors (Lipinski definition) is 6. The van der Waals surface area contributed by atoms with Crippen LogP contribution in [0.4, 0.5) is 0 Å². The molecule has 0 radical (unpaired) electrons. The van der Waals surface area contributed by atoms with Crippen molar-refractivity contribution in [3.8, 4) is 0 Å². The predicted molar refractivity (Wildman–Crippen MR) is 153 cm³/mol. The van der Waals surface area contributed by atoms with Crippen molar-refractivity contribution >= 4 is 11.8 Å². The Balaban J connectivity index is 1.36. The van der Waals surface area contributed by atoms with E-state index in [1.165, 1.54) is 0 Å². The van der Waals surface area contributed by atoms with Crippen LogP contribution in [0, 0.1) is 0 Å². The van der Waals surface area contributed by atoms with Gasteiger partial charge in [-0.1, -0.05) is 121 Å². The molecular formula is C33H34O5S. The lowest BCUT2D eigenvalue weighted by Crippen LogP contribution is -2.59.